The summed E-state index contributed by atoms with van der Waals surface area (Å²) in [7, 11) is 0. The molecule has 1 atom stereocenters. The van der Waals surface area contributed by atoms with Crippen LogP contribution in [0.2, 0.25) is 0 Å². The molecule has 0 aliphatic heterocycles. The van der Waals surface area contributed by atoms with Crippen LogP contribution in [0.5, 0.6) is 0 Å². The number of nitrogens with one attached hydrogen (secondary N) is 3. The highest BCUT2D eigenvalue weighted by atomic mass is 16.1. The largest absolute Gasteiger partial charge is 0.367 e. The average molecular weight is 424 g/mol. The Balaban J connectivity index is 1.71. The molecule has 31 heavy (non-hydrogen) atoms. The van der Waals surface area contributed by atoms with Crippen molar-refractivity contribution in [3.63, 3.8) is 0 Å². The lowest BCUT2D eigenvalue weighted by Gasteiger charge is -2.24. The third kappa shape index (κ3) is 5.23. The molecule has 3 N–H and O–H groups in total. The molecule has 0 amide bonds. The van der Waals surface area contributed by atoms with E-state index in [0.717, 1.165) is 41.1 Å². The monoisotopic (exact) mass is 423 g/mol. The lowest BCUT2D eigenvalue weighted by molar-refractivity contribution is 0.304. The second kappa shape index (κ2) is 8.93. The fraction of sp³-hybridized carbons (Fsp3) is 0.600. The quantitative estimate of drug-likeness (QED) is 0.439. The van der Waals surface area contributed by atoms with Gasteiger partial charge in [-0.15, -0.1) is 0 Å². The zero-order valence-electron chi connectivity index (χ0n) is 19.4. The summed E-state index contributed by atoms with van der Waals surface area (Å²) in [6.45, 7) is 9.14. The van der Waals surface area contributed by atoms with Crippen molar-refractivity contribution in [1.82, 2.24) is 19.5 Å². The minimum absolute atomic E-state index is 0.0760. The number of aromatic amines is 2. The molecule has 0 bridgehead atoms. The first-order valence-electron chi connectivity index (χ1n) is 11.8. The number of fused-ring (bicyclic) bond motifs is 1. The summed E-state index contributed by atoms with van der Waals surface area (Å²) in [5.41, 5.74) is 3.97. The van der Waals surface area contributed by atoms with Crippen molar-refractivity contribution in [2.24, 2.45) is 11.3 Å². The predicted octanol–water partition coefficient (Wildman–Crippen LogP) is 5.79. The molecule has 6 nitrogen and oxygen atoms in total. The third-order valence-electron chi connectivity index (χ3n) is 6.36. The van der Waals surface area contributed by atoms with Crippen LogP contribution < -0.4 is 11.0 Å². The van der Waals surface area contributed by atoms with E-state index in [1.165, 1.54) is 38.5 Å². The zero-order valence-corrected chi connectivity index (χ0v) is 19.4. The van der Waals surface area contributed by atoms with Gasteiger partial charge in [0, 0.05) is 6.04 Å². The molecule has 3 aromatic rings. The van der Waals surface area contributed by atoms with Crippen LogP contribution in [0.4, 0.5) is 5.82 Å². The average Bonchev–Trinajstić information content (AvgIpc) is 3.15. The van der Waals surface area contributed by atoms with Gasteiger partial charge in [0.2, 0.25) is 0 Å². The molecule has 1 fully saturated rings. The van der Waals surface area contributed by atoms with Gasteiger partial charge in [0.05, 0.1) is 28.7 Å². The van der Waals surface area contributed by atoms with Gasteiger partial charge in [-0.3, -0.25) is 9.55 Å². The van der Waals surface area contributed by atoms with Gasteiger partial charge in [-0.05, 0) is 55.2 Å². The summed E-state index contributed by atoms with van der Waals surface area (Å²) in [5, 5.41) is 3.72. The van der Waals surface area contributed by atoms with Crippen molar-refractivity contribution in [2.75, 3.05) is 5.32 Å². The molecule has 6 heteroatoms. The molecule has 2 aromatic heterocycles. The van der Waals surface area contributed by atoms with Crippen molar-refractivity contribution in [2.45, 2.75) is 85.1 Å². The molecule has 0 saturated heterocycles. The lowest BCUT2D eigenvalue weighted by Crippen LogP contribution is -2.21. The summed E-state index contributed by atoms with van der Waals surface area (Å²) in [4.78, 5) is 23.8. The van der Waals surface area contributed by atoms with E-state index in [4.69, 9.17) is 0 Å². The van der Waals surface area contributed by atoms with E-state index in [1.54, 1.807) is 6.33 Å². The van der Waals surface area contributed by atoms with Crippen molar-refractivity contribution in [3.05, 3.63) is 40.7 Å². The Morgan fingerprint density at radius 2 is 1.94 bits per heavy atom. The first kappa shape index (κ1) is 21.7. The van der Waals surface area contributed by atoms with E-state index < -0.39 is 0 Å². The van der Waals surface area contributed by atoms with E-state index in [0.29, 0.717) is 12.0 Å². The van der Waals surface area contributed by atoms with Crippen LogP contribution in [0.25, 0.3) is 16.7 Å². The second-order valence-corrected chi connectivity index (χ2v) is 10.6. The molecule has 1 saturated carbocycles. The Morgan fingerprint density at radius 1 is 1.19 bits per heavy atom. The molecule has 168 valence electrons. The number of imidazole rings is 2. The van der Waals surface area contributed by atoms with Crippen LogP contribution >= 0.6 is 0 Å². The number of H-pyrrole nitrogens is 2. The molecule has 2 heterocycles. The first-order chi connectivity index (χ1) is 14.8. The molecule has 1 aromatic carbocycles. The fourth-order valence-electron chi connectivity index (χ4n) is 5.19. The number of benzene rings is 1. The summed E-state index contributed by atoms with van der Waals surface area (Å²) < 4.78 is 1.86. The van der Waals surface area contributed by atoms with Crippen molar-refractivity contribution in [1.29, 1.82) is 0 Å². The van der Waals surface area contributed by atoms with Gasteiger partial charge in [-0.1, -0.05) is 53.4 Å². The summed E-state index contributed by atoms with van der Waals surface area (Å²) in [6, 6.07) is 6.42. The second-order valence-electron chi connectivity index (χ2n) is 10.6. The normalized spacial score (nSPS) is 17.0. The molecular formula is C25H37N5O. The maximum absolute atomic E-state index is 13.2. The van der Waals surface area contributed by atoms with Gasteiger partial charge >= 0.3 is 5.69 Å². The number of rotatable bonds is 6. The van der Waals surface area contributed by atoms with Crippen molar-refractivity contribution < 1.29 is 0 Å². The van der Waals surface area contributed by atoms with Crippen LogP contribution in [-0.2, 0) is 6.42 Å². The van der Waals surface area contributed by atoms with Crippen molar-refractivity contribution >= 4 is 16.9 Å². The van der Waals surface area contributed by atoms with Gasteiger partial charge < -0.3 is 10.3 Å². The Labute approximate surface area is 184 Å². The first-order valence-corrected chi connectivity index (χ1v) is 11.8. The molecular weight excluding hydrogens is 386 g/mol. The smallest absolute Gasteiger partial charge is 0.331 e. The Kier molecular flexibility index (Phi) is 6.26. The van der Waals surface area contributed by atoms with Gasteiger partial charge in [-0.2, -0.15) is 0 Å². The molecule has 1 unspecified atom stereocenters. The zero-order chi connectivity index (χ0) is 22.0. The molecule has 4 rings (SSSR count). The van der Waals surface area contributed by atoms with Crippen LogP contribution in [0.3, 0.4) is 0 Å². The minimum Gasteiger partial charge on any atom is -0.367 e. The summed E-state index contributed by atoms with van der Waals surface area (Å²) in [6.07, 6.45) is 11.1. The molecule has 0 spiro atoms. The topological polar surface area (TPSA) is 78.5 Å². The van der Waals surface area contributed by atoms with Crippen LogP contribution in [0, 0.1) is 11.3 Å². The predicted molar refractivity (Wildman–Crippen MR) is 128 cm³/mol. The van der Waals surface area contributed by atoms with Crippen molar-refractivity contribution in [3.8, 4) is 5.69 Å². The Hall–Kier alpha value is -2.50. The van der Waals surface area contributed by atoms with Gasteiger partial charge in [0.1, 0.15) is 5.82 Å². The Bertz CT molecular complexity index is 1060. The number of aromatic nitrogens is 4. The fourth-order valence-corrected chi connectivity index (χ4v) is 5.19. The summed E-state index contributed by atoms with van der Waals surface area (Å²) in [5.74, 6) is 1.37. The molecule has 0 radical (unpaired) electrons. The third-order valence-corrected chi connectivity index (χ3v) is 6.36. The molecule has 1 aliphatic carbocycles. The van der Waals surface area contributed by atoms with E-state index >= 15 is 0 Å². The highest BCUT2D eigenvalue weighted by molar-refractivity contribution is 5.77. The maximum atomic E-state index is 13.2. The summed E-state index contributed by atoms with van der Waals surface area (Å²) >= 11 is 0. The maximum Gasteiger partial charge on any atom is 0.331 e. The van der Waals surface area contributed by atoms with E-state index in [1.807, 2.05) is 22.8 Å². The highest BCUT2D eigenvalue weighted by Gasteiger charge is 2.23. The van der Waals surface area contributed by atoms with E-state index in [-0.39, 0.29) is 11.1 Å². The van der Waals surface area contributed by atoms with Gasteiger partial charge in [0.15, 0.2) is 0 Å². The van der Waals surface area contributed by atoms with Crippen LogP contribution in [0.15, 0.2) is 29.3 Å². The lowest BCUT2D eigenvalue weighted by atomic mass is 9.83. The SMILES string of the molecule is CC(Cc1c(NC2CCCCCC2)[nH]c(=O)n1-c1ccc2nc[nH]c2c1)CC(C)(C)C. The standard InChI is InChI=1S/C25H37N5O/c1-17(15-25(2,3)4)13-22-23(28-18-9-7-5-6-8-10-18)29-24(31)30(22)19-11-12-20-21(14-19)27-16-26-20/h11-12,14,16-18,28H,5-10,13,15H2,1-4H3,(H,26,27)(H,29,31). The van der Waals surface area contributed by atoms with E-state index in [9.17, 15) is 4.79 Å². The highest BCUT2D eigenvalue weighted by Crippen LogP contribution is 2.30. The van der Waals surface area contributed by atoms with E-state index in [2.05, 4.69) is 48.0 Å². The van der Waals surface area contributed by atoms with Crippen LogP contribution in [0.1, 0.15) is 78.3 Å². The minimum atomic E-state index is -0.0760. The van der Waals surface area contributed by atoms with Crippen LogP contribution in [-0.4, -0.2) is 25.6 Å². The van der Waals surface area contributed by atoms with Gasteiger partial charge in [-0.25, -0.2) is 9.78 Å². The number of nitrogens with zero attached hydrogens (tertiary/aromatic N) is 2. The van der Waals surface area contributed by atoms with Gasteiger partial charge in [0.25, 0.3) is 0 Å². The Morgan fingerprint density at radius 3 is 2.65 bits per heavy atom. The number of hydrogen-bond donors (Lipinski definition) is 3. The number of anilines is 1. The molecule has 1 aliphatic rings. The number of hydrogen-bond acceptors (Lipinski definition) is 3.